The van der Waals surface area contributed by atoms with Crippen molar-refractivity contribution in [3.8, 4) is 0 Å². The van der Waals surface area contributed by atoms with Crippen LogP contribution in [0.4, 0.5) is 17.3 Å². The van der Waals surface area contributed by atoms with E-state index in [0.29, 0.717) is 47.5 Å². The molecule has 2 aromatic rings. The number of rotatable bonds is 5. The van der Waals surface area contributed by atoms with Crippen LogP contribution in [0, 0.1) is 5.41 Å². The van der Waals surface area contributed by atoms with Gasteiger partial charge in [0.2, 0.25) is 6.41 Å². The number of hydrogen-bond acceptors (Lipinski definition) is 7. The molecule has 0 radical (unpaired) electrons. The first-order valence-electron chi connectivity index (χ1n) is 7.95. The monoisotopic (exact) mass is 372 g/mol. The fourth-order valence-electron chi connectivity index (χ4n) is 2.65. The van der Waals surface area contributed by atoms with E-state index in [1.807, 2.05) is 17.0 Å². The van der Waals surface area contributed by atoms with Crippen molar-refractivity contribution >= 4 is 47.3 Å². The van der Waals surface area contributed by atoms with E-state index in [4.69, 9.17) is 17.0 Å². The van der Waals surface area contributed by atoms with Gasteiger partial charge in [0.15, 0.2) is 5.78 Å². The minimum Gasteiger partial charge on any atom is -0.347 e. The molecule has 0 aliphatic carbocycles. The lowest BCUT2D eigenvalue weighted by Crippen LogP contribution is -2.31. The smallest absolute Gasteiger partial charge is 0.210 e. The Hall–Kier alpha value is -3.00. The van der Waals surface area contributed by atoms with Crippen molar-refractivity contribution in [1.29, 1.82) is 5.41 Å². The van der Waals surface area contributed by atoms with Crippen molar-refractivity contribution in [3.63, 3.8) is 0 Å². The quantitative estimate of drug-likeness (QED) is 0.470. The Kier molecular flexibility index (Phi) is 5.43. The fraction of sp³-hybridized carbons (Fsp3) is 0.235. The van der Waals surface area contributed by atoms with E-state index < -0.39 is 0 Å². The van der Waals surface area contributed by atoms with Crippen molar-refractivity contribution in [2.75, 3.05) is 36.4 Å². The Balaban J connectivity index is 1.82. The highest BCUT2D eigenvalue weighted by Gasteiger charge is 2.20. The highest BCUT2D eigenvalue weighted by atomic mass is 35.5. The van der Waals surface area contributed by atoms with Gasteiger partial charge in [0, 0.05) is 31.1 Å². The lowest BCUT2D eigenvalue weighted by molar-refractivity contribution is -0.125. The number of carbonyl (C=O) groups is 2. The standard InChI is InChI=1S/C17H17ClN6O2/c18-15-6-14(12(7-19)8-20-15)21-16-2-1-3-17(22-16)24-5-4-23(11-25)9-13(26)10-24/h1-3,6-8,11,19H,4-5,9-10H2,(H,20,21,22). The normalized spacial score (nSPS) is 14.7. The van der Waals surface area contributed by atoms with Crippen LogP contribution in [0.5, 0.6) is 0 Å². The summed E-state index contributed by atoms with van der Waals surface area (Å²) in [6.45, 7) is 1.31. The summed E-state index contributed by atoms with van der Waals surface area (Å²) in [7, 11) is 0. The van der Waals surface area contributed by atoms with Crippen molar-refractivity contribution in [3.05, 3.63) is 41.2 Å². The van der Waals surface area contributed by atoms with Crippen molar-refractivity contribution in [1.82, 2.24) is 14.9 Å². The predicted octanol–water partition coefficient (Wildman–Crippen LogP) is 1.72. The lowest BCUT2D eigenvalue weighted by Gasteiger charge is -2.21. The number of halogens is 1. The summed E-state index contributed by atoms with van der Waals surface area (Å²) in [5, 5.41) is 10.9. The maximum atomic E-state index is 12.0. The second-order valence-electron chi connectivity index (χ2n) is 5.78. The molecule has 1 aliphatic heterocycles. The molecule has 0 aromatic carbocycles. The summed E-state index contributed by atoms with van der Waals surface area (Å²) in [6, 6.07) is 7.03. The molecule has 1 fully saturated rings. The molecule has 0 saturated carbocycles. The Labute approximate surface area is 155 Å². The van der Waals surface area contributed by atoms with Crippen molar-refractivity contribution in [2.45, 2.75) is 0 Å². The highest BCUT2D eigenvalue weighted by Crippen LogP contribution is 2.23. The molecule has 1 amide bonds. The molecule has 0 unspecified atom stereocenters. The number of nitrogens with one attached hydrogen (secondary N) is 2. The Morgan fingerprint density at radius 2 is 2.12 bits per heavy atom. The number of pyridine rings is 2. The van der Waals surface area contributed by atoms with Gasteiger partial charge in [0.1, 0.15) is 16.8 Å². The Morgan fingerprint density at radius 3 is 2.88 bits per heavy atom. The van der Waals surface area contributed by atoms with Gasteiger partial charge in [0.25, 0.3) is 0 Å². The molecule has 3 heterocycles. The summed E-state index contributed by atoms with van der Waals surface area (Å²) in [4.78, 5) is 34.7. The average Bonchev–Trinajstić information content (AvgIpc) is 2.83. The van der Waals surface area contributed by atoms with Gasteiger partial charge in [-0.1, -0.05) is 17.7 Å². The molecule has 0 spiro atoms. The molecule has 0 bridgehead atoms. The minimum absolute atomic E-state index is 0.0400. The fourth-order valence-corrected chi connectivity index (χ4v) is 2.81. The summed E-state index contributed by atoms with van der Waals surface area (Å²) >= 11 is 5.93. The van der Waals surface area contributed by atoms with Crippen LogP contribution < -0.4 is 10.2 Å². The van der Waals surface area contributed by atoms with Crippen LogP contribution in [0.1, 0.15) is 5.56 Å². The van der Waals surface area contributed by atoms with Gasteiger partial charge in [-0.15, -0.1) is 0 Å². The molecule has 2 N–H and O–H groups in total. The first-order chi connectivity index (χ1) is 12.6. The number of Topliss-reactive ketones (excluding diaryl/α,β-unsaturated/α-hetero) is 1. The molecule has 3 rings (SSSR count). The molecule has 2 aromatic heterocycles. The van der Waals surface area contributed by atoms with Crippen LogP contribution in [0.2, 0.25) is 5.15 Å². The van der Waals surface area contributed by atoms with Gasteiger partial charge in [0.05, 0.1) is 18.8 Å². The summed E-state index contributed by atoms with van der Waals surface area (Å²) in [5.41, 5.74) is 1.19. The van der Waals surface area contributed by atoms with E-state index in [-0.39, 0.29) is 18.9 Å². The van der Waals surface area contributed by atoms with E-state index in [9.17, 15) is 9.59 Å². The van der Waals surface area contributed by atoms with Gasteiger partial charge in [-0.2, -0.15) is 0 Å². The third kappa shape index (κ3) is 4.15. The SMILES string of the molecule is N=Cc1cnc(Cl)cc1Nc1cccc(N2CCN(C=O)CC(=O)C2)n1. The predicted molar refractivity (Wildman–Crippen MR) is 99.5 cm³/mol. The van der Waals surface area contributed by atoms with Crippen LogP contribution in [-0.4, -0.2) is 59.5 Å². The molecular weight excluding hydrogens is 356 g/mol. The molecule has 1 saturated heterocycles. The van der Waals surface area contributed by atoms with E-state index in [1.165, 1.54) is 17.3 Å². The largest absolute Gasteiger partial charge is 0.347 e. The first-order valence-corrected chi connectivity index (χ1v) is 8.33. The molecule has 134 valence electrons. The van der Waals surface area contributed by atoms with Gasteiger partial charge >= 0.3 is 0 Å². The zero-order valence-corrected chi connectivity index (χ0v) is 14.6. The Morgan fingerprint density at radius 1 is 1.27 bits per heavy atom. The maximum Gasteiger partial charge on any atom is 0.210 e. The zero-order valence-electron chi connectivity index (χ0n) is 13.9. The zero-order chi connectivity index (χ0) is 18.5. The van der Waals surface area contributed by atoms with Crippen molar-refractivity contribution < 1.29 is 9.59 Å². The molecule has 8 nitrogen and oxygen atoms in total. The lowest BCUT2D eigenvalue weighted by atomic mass is 10.2. The van der Waals surface area contributed by atoms with Gasteiger partial charge in [-0.3, -0.25) is 9.59 Å². The molecule has 0 atom stereocenters. The first kappa shape index (κ1) is 17.8. The highest BCUT2D eigenvalue weighted by molar-refractivity contribution is 6.29. The molecule has 1 aliphatic rings. The van der Waals surface area contributed by atoms with E-state index in [0.717, 1.165) is 0 Å². The van der Waals surface area contributed by atoms with Crippen molar-refractivity contribution in [2.24, 2.45) is 0 Å². The van der Waals surface area contributed by atoms with E-state index in [1.54, 1.807) is 12.1 Å². The number of ketones is 1. The molecule has 9 heteroatoms. The number of carbonyl (C=O) groups excluding carboxylic acids is 2. The third-order valence-electron chi connectivity index (χ3n) is 3.93. The van der Waals surface area contributed by atoms with Gasteiger partial charge in [-0.05, 0) is 18.2 Å². The second kappa shape index (κ2) is 7.92. The number of nitrogens with zero attached hydrogens (tertiary/aromatic N) is 4. The summed E-state index contributed by atoms with van der Waals surface area (Å²) in [6.07, 6.45) is 3.37. The number of hydrogen-bond donors (Lipinski definition) is 2. The van der Waals surface area contributed by atoms with E-state index in [2.05, 4.69) is 15.3 Å². The minimum atomic E-state index is -0.0400. The van der Waals surface area contributed by atoms with Crippen LogP contribution >= 0.6 is 11.6 Å². The van der Waals surface area contributed by atoms with Gasteiger partial charge < -0.3 is 20.5 Å². The molecule has 26 heavy (non-hydrogen) atoms. The number of aromatic nitrogens is 2. The second-order valence-corrected chi connectivity index (χ2v) is 6.17. The summed E-state index contributed by atoms with van der Waals surface area (Å²) in [5.74, 6) is 1.14. The average molecular weight is 373 g/mol. The maximum absolute atomic E-state index is 12.0. The topological polar surface area (TPSA) is 102 Å². The summed E-state index contributed by atoms with van der Waals surface area (Å²) < 4.78 is 0. The molecular formula is C17H17ClN6O2. The van der Waals surface area contributed by atoms with Crippen LogP contribution in [-0.2, 0) is 9.59 Å². The van der Waals surface area contributed by atoms with Crippen LogP contribution in [0.3, 0.4) is 0 Å². The third-order valence-corrected chi connectivity index (χ3v) is 4.14. The number of amides is 1. The number of anilines is 3. The van der Waals surface area contributed by atoms with Crippen LogP contribution in [0.15, 0.2) is 30.5 Å². The Bertz CT molecular complexity index is 844. The van der Waals surface area contributed by atoms with E-state index >= 15 is 0 Å². The van der Waals surface area contributed by atoms with Crippen LogP contribution in [0.25, 0.3) is 0 Å². The van der Waals surface area contributed by atoms with Gasteiger partial charge in [-0.25, -0.2) is 9.97 Å².